The van der Waals surface area contributed by atoms with Crippen LogP contribution in [0, 0.1) is 17.1 Å². The van der Waals surface area contributed by atoms with Crippen LogP contribution in [0.1, 0.15) is 44.1 Å². The highest BCUT2D eigenvalue weighted by molar-refractivity contribution is 5.34. The molecule has 1 aromatic rings. The van der Waals surface area contributed by atoms with E-state index in [2.05, 4.69) is 11.4 Å². The standard InChI is InChI=1S/C16H19FN2/c17-15-4-2-1-3-14(15)16(11-18)9-7-13(8-10-16)19-12-5-6-12/h1-4,12-13,19H,5-10H2. The molecule has 0 aromatic heterocycles. The molecule has 2 fully saturated rings. The monoisotopic (exact) mass is 258 g/mol. The number of hydrogen-bond acceptors (Lipinski definition) is 2. The van der Waals surface area contributed by atoms with Crippen LogP contribution in [-0.2, 0) is 5.41 Å². The van der Waals surface area contributed by atoms with Crippen LogP contribution in [0.2, 0.25) is 0 Å². The quantitative estimate of drug-likeness (QED) is 0.903. The molecule has 0 bridgehead atoms. The van der Waals surface area contributed by atoms with Crippen LogP contribution >= 0.6 is 0 Å². The Morgan fingerprint density at radius 1 is 1.11 bits per heavy atom. The first kappa shape index (κ1) is 12.6. The maximum Gasteiger partial charge on any atom is 0.128 e. The summed E-state index contributed by atoms with van der Waals surface area (Å²) in [5, 5.41) is 13.2. The minimum Gasteiger partial charge on any atom is -0.311 e. The van der Waals surface area contributed by atoms with Gasteiger partial charge in [-0.2, -0.15) is 5.26 Å². The Hall–Kier alpha value is -1.40. The minimum absolute atomic E-state index is 0.238. The molecule has 1 N–H and O–H groups in total. The lowest BCUT2D eigenvalue weighted by Gasteiger charge is -2.36. The molecule has 0 unspecified atom stereocenters. The molecule has 2 aliphatic carbocycles. The molecule has 2 aliphatic rings. The van der Waals surface area contributed by atoms with Gasteiger partial charge in [0.25, 0.3) is 0 Å². The summed E-state index contributed by atoms with van der Waals surface area (Å²) in [5.74, 6) is -0.238. The van der Waals surface area contributed by atoms with Crippen molar-refractivity contribution in [3.05, 3.63) is 35.6 Å². The van der Waals surface area contributed by atoms with E-state index in [-0.39, 0.29) is 5.82 Å². The van der Waals surface area contributed by atoms with Crippen molar-refractivity contribution in [3.63, 3.8) is 0 Å². The second-order valence-electron chi connectivity index (χ2n) is 5.89. The highest BCUT2D eigenvalue weighted by Crippen LogP contribution is 2.40. The lowest BCUT2D eigenvalue weighted by Crippen LogP contribution is -2.40. The van der Waals surface area contributed by atoms with Crippen LogP contribution in [0.4, 0.5) is 4.39 Å². The first-order valence-corrected chi connectivity index (χ1v) is 7.16. The van der Waals surface area contributed by atoms with Crippen molar-refractivity contribution < 1.29 is 4.39 Å². The van der Waals surface area contributed by atoms with E-state index >= 15 is 0 Å². The Balaban J connectivity index is 1.75. The second-order valence-corrected chi connectivity index (χ2v) is 5.89. The summed E-state index contributed by atoms with van der Waals surface area (Å²) in [7, 11) is 0. The van der Waals surface area contributed by atoms with Gasteiger partial charge >= 0.3 is 0 Å². The maximum atomic E-state index is 14.0. The Labute approximate surface area is 113 Å². The highest BCUT2D eigenvalue weighted by Gasteiger charge is 2.39. The molecule has 0 amide bonds. The number of nitrogens with zero attached hydrogens (tertiary/aromatic N) is 1. The van der Waals surface area contributed by atoms with Crippen molar-refractivity contribution in [2.45, 2.75) is 56.0 Å². The molecule has 0 aliphatic heterocycles. The predicted molar refractivity (Wildman–Crippen MR) is 72.1 cm³/mol. The normalized spacial score (nSPS) is 30.8. The van der Waals surface area contributed by atoms with Crippen LogP contribution in [0.5, 0.6) is 0 Å². The third kappa shape index (κ3) is 2.50. The van der Waals surface area contributed by atoms with E-state index in [0.717, 1.165) is 25.7 Å². The number of nitrogens with one attached hydrogen (secondary N) is 1. The lowest BCUT2D eigenvalue weighted by molar-refractivity contribution is 0.288. The average Bonchev–Trinajstić information content (AvgIpc) is 3.25. The van der Waals surface area contributed by atoms with Crippen molar-refractivity contribution in [3.8, 4) is 6.07 Å². The number of rotatable bonds is 3. The van der Waals surface area contributed by atoms with Crippen LogP contribution in [0.15, 0.2) is 24.3 Å². The Morgan fingerprint density at radius 3 is 2.32 bits per heavy atom. The third-order valence-corrected chi connectivity index (χ3v) is 4.49. The van der Waals surface area contributed by atoms with Gasteiger partial charge < -0.3 is 5.32 Å². The van der Waals surface area contributed by atoms with E-state index in [4.69, 9.17) is 0 Å². The van der Waals surface area contributed by atoms with E-state index in [9.17, 15) is 9.65 Å². The van der Waals surface area contributed by atoms with Gasteiger partial charge in [-0.15, -0.1) is 0 Å². The molecule has 3 heteroatoms. The van der Waals surface area contributed by atoms with E-state index in [0.29, 0.717) is 17.6 Å². The smallest absolute Gasteiger partial charge is 0.128 e. The van der Waals surface area contributed by atoms with Crippen LogP contribution in [0.3, 0.4) is 0 Å². The third-order valence-electron chi connectivity index (χ3n) is 4.49. The zero-order valence-corrected chi connectivity index (χ0v) is 11.0. The van der Waals surface area contributed by atoms with Gasteiger partial charge in [0.15, 0.2) is 0 Å². The molecular weight excluding hydrogens is 239 g/mol. The zero-order chi connectivity index (χ0) is 13.3. The number of halogens is 1. The molecular formula is C16H19FN2. The Morgan fingerprint density at radius 2 is 1.74 bits per heavy atom. The fourth-order valence-corrected chi connectivity index (χ4v) is 3.15. The van der Waals surface area contributed by atoms with Crippen LogP contribution in [0.25, 0.3) is 0 Å². The number of nitriles is 1. The fourth-order valence-electron chi connectivity index (χ4n) is 3.15. The van der Waals surface area contributed by atoms with Crippen molar-refractivity contribution in [2.75, 3.05) is 0 Å². The van der Waals surface area contributed by atoms with Gasteiger partial charge in [-0.25, -0.2) is 4.39 Å². The lowest BCUT2D eigenvalue weighted by atomic mass is 9.69. The van der Waals surface area contributed by atoms with E-state index in [1.165, 1.54) is 18.9 Å². The Bertz CT molecular complexity index is 494. The largest absolute Gasteiger partial charge is 0.311 e. The summed E-state index contributed by atoms with van der Waals surface area (Å²) in [6.45, 7) is 0. The average molecular weight is 258 g/mol. The molecule has 100 valence electrons. The number of hydrogen-bond donors (Lipinski definition) is 1. The molecule has 0 saturated heterocycles. The summed E-state index contributed by atoms with van der Waals surface area (Å²) in [6, 6.07) is 10.4. The molecule has 1 aromatic carbocycles. The molecule has 0 spiro atoms. The van der Waals surface area contributed by atoms with Gasteiger partial charge in [-0.1, -0.05) is 18.2 Å². The summed E-state index contributed by atoms with van der Waals surface area (Å²) in [6.07, 6.45) is 6.03. The predicted octanol–water partition coefficient (Wildman–Crippen LogP) is 3.28. The van der Waals surface area contributed by atoms with Gasteiger partial charge in [-0.3, -0.25) is 0 Å². The molecule has 0 radical (unpaired) electrons. The summed E-state index contributed by atoms with van der Waals surface area (Å²) in [4.78, 5) is 0. The molecule has 0 atom stereocenters. The summed E-state index contributed by atoms with van der Waals surface area (Å²) < 4.78 is 14.0. The molecule has 0 heterocycles. The van der Waals surface area contributed by atoms with Crippen LogP contribution in [-0.4, -0.2) is 12.1 Å². The van der Waals surface area contributed by atoms with Gasteiger partial charge in [-0.05, 0) is 44.6 Å². The molecule has 2 nitrogen and oxygen atoms in total. The molecule has 2 saturated carbocycles. The van der Waals surface area contributed by atoms with Gasteiger partial charge in [0.05, 0.1) is 11.5 Å². The van der Waals surface area contributed by atoms with Crippen LogP contribution < -0.4 is 5.32 Å². The minimum atomic E-state index is -0.618. The van der Waals surface area contributed by atoms with Crippen molar-refractivity contribution in [1.82, 2.24) is 5.32 Å². The first-order valence-electron chi connectivity index (χ1n) is 7.16. The maximum absolute atomic E-state index is 14.0. The topological polar surface area (TPSA) is 35.8 Å². The highest BCUT2D eigenvalue weighted by atomic mass is 19.1. The number of benzene rings is 1. The SMILES string of the molecule is N#CC1(c2ccccc2F)CCC(NC2CC2)CC1. The fraction of sp³-hybridized carbons (Fsp3) is 0.562. The van der Waals surface area contributed by atoms with E-state index < -0.39 is 5.41 Å². The van der Waals surface area contributed by atoms with Crippen molar-refractivity contribution in [1.29, 1.82) is 5.26 Å². The zero-order valence-electron chi connectivity index (χ0n) is 11.0. The first-order chi connectivity index (χ1) is 9.23. The Kier molecular flexibility index (Phi) is 3.28. The molecule has 19 heavy (non-hydrogen) atoms. The van der Waals surface area contributed by atoms with E-state index in [1.54, 1.807) is 12.1 Å². The van der Waals surface area contributed by atoms with E-state index in [1.807, 2.05) is 6.07 Å². The van der Waals surface area contributed by atoms with Gasteiger partial charge in [0, 0.05) is 17.6 Å². The van der Waals surface area contributed by atoms with Crippen molar-refractivity contribution >= 4 is 0 Å². The van der Waals surface area contributed by atoms with Gasteiger partial charge in [0.2, 0.25) is 0 Å². The van der Waals surface area contributed by atoms with Crippen molar-refractivity contribution in [2.24, 2.45) is 0 Å². The van der Waals surface area contributed by atoms with Gasteiger partial charge in [0.1, 0.15) is 5.82 Å². The second kappa shape index (κ2) is 4.94. The molecule has 3 rings (SSSR count). The summed E-state index contributed by atoms with van der Waals surface area (Å²) in [5.41, 5.74) is -0.0325. The summed E-state index contributed by atoms with van der Waals surface area (Å²) >= 11 is 0.